The summed E-state index contributed by atoms with van der Waals surface area (Å²) in [6.07, 6.45) is 3.48. The number of hydrogen-bond acceptors (Lipinski definition) is 7. The molecule has 1 N–H and O–H groups in total. The van der Waals surface area contributed by atoms with Gasteiger partial charge in [-0.15, -0.1) is 21.5 Å². The molecule has 4 aromatic rings. The molecule has 0 unspecified atom stereocenters. The number of pyridine rings is 1. The van der Waals surface area contributed by atoms with Crippen molar-refractivity contribution in [3.63, 3.8) is 0 Å². The topological polar surface area (TPSA) is 85.6 Å². The predicted molar refractivity (Wildman–Crippen MR) is 118 cm³/mol. The Morgan fingerprint density at radius 3 is 2.73 bits per heavy atom. The van der Waals surface area contributed by atoms with Crippen LogP contribution in [0, 0.1) is 6.92 Å². The lowest BCUT2D eigenvalue weighted by Gasteiger charge is -2.08. The zero-order valence-electron chi connectivity index (χ0n) is 16.4. The number of nitrogens with zero attached hydrogens (tertiary/aromatic N) is 5. The molecular formula is C21H20N6OS2. The van der Waals surface area contributed by atoms with Crippen LogP contribution in [-0.2, 0) is 17.9 Å². The van der Waals surface area contributed by atoms with E-state index in [1.165, 1.54) is 28.7 Å². The molecule has 0 atom stereocenters. The SMILES string of the molecule is Cc1nnc(SCC(=O)NCc2nc(-c3ccncc3)cs2)n1Cc1ccccc1. The highest BCUT2D eigenvalue weighted by molar-refractivity contribution is 7.99. The summed E-state index contributed by atoms with van der Waals surface area (Å²) in [7, 11) is 0. The lowest BCUT2D eigenvalue weighted by molar-refractivity contribution is -0.118. The van der Waals surface area contributed by atoms with Gasteiger partial charge in [-0.2, -0.15) is 0 Å². The maximum atomic E-state index is 12.3. The molecule has 4 rings (SSSR count). The third-order valence-electron chi connectivity index (χ3n) is 4.38. The van der Waals surface area contributed by atoms with E-state index in [4.69, 9.17) is 0 Å². The Balaban J connectivity index is 1.30. The number of aryl methyl sites for hydroxylation is 1. The average molecular weight is 437 g/mol. The predicted octanol–water partition coefficient (Wildman–Crippen LogP) is 3.56. The van der Waals surface area contributed by atoms with E-state index in [-0.39, 0.29) is 11.7 Å². The number of hydrogen-bond donors (Lipinski definition) is 1. The molecule has 0 saturated carbocycles. The fourth-order valence-electron chi connectivity index (χ4n) is 2.82. The molecule has 0 bridgehead atoms. The van der Waals surface area contributed by atoms with Gasteiger partial charge in [-0.25, -0.2) is 4.98 Å². The summed E-state index contributed by atoms with van der Waals surface area (Å²) in [6, 6.07) is 14.0. The molecule has 3 aromatic heterocycles. The van der Waals surface area contributed by atoms with Crippen molar-refractivity contribution in [1.82, 2.24) is 30.0 Å². The number of thiazole rings is 1. The molecule has 152 valence electrons. The third-order valence-corrected chi connectivity index (χ3v) is 6.20. The number of rotatable bonds is 8. The summed E-state index contributed by atoms with van der Waals surface area (Å²) in [6.45, 7) is 3.01. The molecule has 0 aliphatic carbocycles. The van der Waals surface area contributed by atoms with Gasteiger partial charge in [-0.3, -0.25) is 9.78 Å². The van der Waals surface area contributed by atoms with Crippen molar-refractivity contribution < 1.29 is 4.79 Å². The van der Waals surface area contributed by atoms with Gasteiger partial charge in [0.15, 0.2) is 5.16 Å². The van der Waals surface area contributed by atoms with Gasteiger partial charge in [0.2, 0.25) is 5.91 Å². The minimum Gasteiger partial charge on any atom is -0.349 e. The molecule has 0 aliphatic rings. The maximum Gasteiger partial charge on any atom is 0.230 e. The summed E-state index contributed by atoms with van der Waals surface area (Å²) in [5.41, 5.74) is 3.08. The van der Waals surface area contributed by atoms with E-state index in [9.17, 15) is 4.79 Å². The fourth-order valence-corrected chi connectivity index (χ4v) is 4.38. The van der Waals surface area contributed by atoms with Crippen molar-refractivity contribution in [2.75, 3.05) is 5.75 Å². The molecule has 1 aromatic carbocycles. The highest BCUT2D eigenvalue weighted by atomic mass is 32.2. The Kier molecular flexibility index (Phi) is 6.50. The van der Waals surface area contributed by atoms with Crippen molar-refractivity contribution in [2.45, 2.75) is 25.2 Å². The highest BCUT2D eigenvalue weighted by Gasteiger charge is 2.13. The van der Waals surface area contributed by atoms with E-state index in [2.05, 4.69) is 37.6 Å². The summed E-state index contributed by atoms with van der Waals surface area (Å²) in [5, 5.41) is 14.9. The molecule has 0 radical (unpaired) electrons. The summed E-state index contributed by atoms with van der Waals surface area (Å²) < 4.78 is 2.02. The monoisotopic (exact) mass is 436 g/mol. The Labute approximate surface area is 182 Å². The van der Waals surface area contributed by atoms with Crippen LogP contribution in [0.15, 0.2) is 65.4 Å². The van der Waals surface area contributed by atoms with Gasteiger partial charge in [0.25, 0.3) is 0 Å². The standard InChI is InChI=1S/C21H20N6OS2/c1-15-25-26-21(27(15)12-16-5-3-2-4-6-16)30-14-19(28)23-11-20-24-18(13-29-20)17-7-9-22-10-8-17/h2-10,13H,11-12,14H2,1H3,(H,23,28). The van der Waals surface area contributed by atoms with Crippen LogP contribution in [0.4, 0.5) is 0 Å². The number of amides is 1. The van der Waals surface area contributed by atoms with Crippen molar-refractivity contribution in [3.05, 3.63) is 76.6 Å². The van der Waals surface area contributed by atoms with Crippen LogP contribution in [0.25, 0.3) is 11.3 Å². The first-order chi connectivity index (χ1) is 14.7. The van der Waals surface area contributed by atoms with E-state index in [0.717, 1.165) is 27.2 Å². The molecule has 9 heteroatoms. The van der Waals surface area contributed by atoms with E-state index in [0.29, 0.717) is 13.1 Å². The van der Waals surface area contributed by atoms with Gasteiger partial charge >= 0.3 is 0 Å². The van der Waals surface area contributed by atoms with Crippen LogP contribution in [0.5, 0.6) is 0 Å². The number of carbonyl (C=O) groups is 1. The Bertz CT molecular complexity index is 1110. The van der Waals surface area contributed by atoms with Crippen molar-refractivity contribution in [2.24, 2.45) is 0 Å². The second-order valence-electron chi connectivity index (χ2n) is 6.53. The molecule has 3 heterocycles. The van der Waals surface area contributed by atoms with Gasteiger partial charge < -0.3 is 9.88 Å². The van der Waals surface area contributed by atoms with Crippen LogP contribution in [0.1, 0.15) is 16.4 Å². The highest BCUT2D eigenvalue weighted by Crippen LogP contribution is 2.21. The van der Waals surface area contributed by atoms with Gasteiger partial charge in [-0.05, 0) is 24.6 Å². The minimum atomic E-state index is -0.0624. The van der Waals surface area contributed by atoms with Crippen molar-refractivity contribution in [1.29, 1.82) is 0 Å². The number of carbonyl (C=O) groups excluding carboxylic acids is 1. The zero-order chi connectivity index (χ0) is 20.8. The lowest BCUT2D eigenvalue weighted by Crippen LogP contribution is -2.24. The van der Waals surface area contributed by atoms with Crippen LogP contribution in [0.2, 0.25) is 0 Å². The van der Waals surface area contributed by atoms with E-state index in [1.807, 2.05) is 47.2 Å². The van der Waals surface area contributed by atoms with Crippen LogP contribution in [0.3, 0.4) is 0 Å². The first-order valence-electron chi connectivity index (χ1n) is 9.37. The smallest absolute Gasteiger partial charge is 0.230 e. The summed E-state index contributed by atoms with van der Waals surface area (Å²) >= 11 is 2.91. The Morgan fingerprint density at radius 1 is 1.13 bits per heavy atom. The normalized spacial score (nSPS) is 10.8. The Hall–Kier alpha value is -3.04. The largest absolute Gasteiger partial charge is 0.349 e. The average Bonchev–Trinajstić information content (AvgIpc) is 3.40. The molecule has 0 aliphatic heterocycles. The van der Waals surface area contributed by atoms with Gasteiger partial charge in [0, 0.05) is 23.3 Å². The second-order valence-corrected chi connectivity index (χ2v) is 8.41. The molecule has 1 amide bonds. The molecule has 0 spiro atoms. The van der Waals surface area contributed by atoms with E-state index < -0.39 is 0 Å². The Morgan fingerprint density at radius 2 is 1.93 bits per heavy atom. The molecule has 0 fully saturated rings. The molecule has 7 nitrogen and oxygen atoms in total. The van der Waals surface area contributed by atoms with Gasteiger partial charge in [0.1, 0.15) is 10.8 Å². The van der Waals surface area contributed by atoms with Crippen LogP contribution in [-0.4, -0.2) is 36.4 Å². The fraction of sp³-hybridized carbons (Fsp3) is 0.190. The molecule has 30 heavy (non-hydrogen) atoms. The van der Waals surface area contributed by atoms with Crippen LogP contribution >= 0.6 is 23.1 Å². The summed E-state index contributed by atoms with van der Waals surface area (Å²) in [5.74, 6) is 1.04. The number of benzene rings is 1. The minimum absolute atomic E-state index is 0.0624. The second kappa shape index (κ2) is 9.64. The number of aromatic nitrogens is 5. The van der Waals surface area contributed by atoms with Crippen molar-refractivity contribution in [3.8, 4) is 11.3 Å². The van der Waals surface area contributed by atoms with Gasteiger partial charge in [-0.1, -0.05) is 42.1 Å². The van der Waals surface area contributed by atoms with Crippen LogP contribution < -0.4 is 5.32 Å². The maximum absolute atomic E-state index is 12.3. The number of thioether (sulfide) groups is 1. The first kappa shape index (κ1) is 20.2. The van der Waals surface area contributed by atoms with E-state index >= 15 is 0 Å². The lowest BCUT2D eigenvalue weighted by atomic mass is 10.2. The quantitative estimate of drug-likeness (QED) is 0.425. The van der Waals surface area contributed by atoms with Gasteiger partial charge in [0.05, 0.1) is 24.5 Å². The first-order valence-corrected chi connectivity index (χ1v) is 11.2. The zero-order valence-corrected chi connectivity index (χ0v) is 18.0. The molecular weight excluding hydrogens is 416 g/mol. The van der Waals surface area contributed by atoms with E-state index in [1.54, 1.807) is 12.4 Å². The molecule has 0 saturated heterocycles. The van der Waals surface area contributed by atoms with Crippen molar-refractivity contribution >= 4 is 29.0 Å². The third kappa shape index (κ3) is 5.11. The summed E-state index contributed by atoms with van der Waals surface area (Å²) in [4.78, 5) is 20.9. The number of nitrogens with one attached hydrogen (secondary N) is 1.